The van der Waals surface area contributed by atoms with Crippen molar-refractivity contribution < 1.29 is 0 Å². The molecule has 1 aliphatic rings. The minimum Gasteiger partial charge on any atom is -0.384 e. The molecule has 0 unspecified atom stereocenters. The maximum atomic E-state index is 6.31. The van der Waals surface area contributed by atoms with E-state index in [1.165, 1.54) is 5.56 Å². The number of nitrogens with zero attached hydrogens (tertiary/aromatic N) is 6. The van der Waals surface area contributed by atoms with Crippen molar-refractivity contribution >= 4 is 23.2 Å². The van der Waals surface area contributed by atoms with Gasteiger partial charge in [-0.05, 0) is 32.2 Å². The Balaban J connectivity index is 1.44. The standard InChI is InChI=1S/C21H29N7S/c1-21(2,3)17-10-19-25-16(9-18(22)28(19)26-17)15-5-7-27(8-6-15)13-14-11-23-20(29-4)24-12-14/h9-12,15H,5-8,13,22H2,1-4H3. The van der Waals surface area contributed by atoms with Gasteiger partial charge in [-0.15, -0.1) is 0 Å². The lowest BCUT2D eigenvalue weighted by atomic mass is 9.92. The van der Waals surface area contributed by atoms with Crippen LogP contribution in [0.2, 0.25) is 0 Å². The van der Waals surface area contributed by atoms with Crippen LogP contribution in [0, 0.1) is 0 Å². The van der Waals surface area contributed by atoms with Crippen LogP contribution in [0.25, 0.3) is 5.65 Å². The number of rotatable bonds is 4. The smallest absolute Gasteiger partial charge is 0.187 e. The number of anilines is 1. The fourth-order valence-electron chi connectivity index (χ4n) is 3.77. The van der Waals surface area contributed by atoms with Crippen LogP contribution < -0.4 is 5.73 Å². The molecule has 2 N–H and O–H groups in total. The van der Waals surface area contributed by atoms with Gasteiger partial charge in [0.25, 0.3) is 0 Å². The van der Waals surface area contributed by atoms with E-state index in [0.717, 1.165) is 54.7 Å². The van der Waals surface area contributed by atoms with E-state index >= 15 is 0 Å². The molecule has 1 aliphatic heterocycles. The molecule has 0 aliphatic carbocycles. The molecule has 1 saturated heterocycles. The molecule has 0 amide bonds. The number of hydrogen-bond donors (Lipinski definition) is 1. The summed E-state index contributed by atoms with van der Waals surface area (Å²) in [6.45, 7) is 9.43. The lowest BCUT2D eigenvalue weighted by Crippen LogP contribution is -2.32. The number of fused-ring (bicyclic) bond motifs is 1. The minimum absolute atomic E-state index is 0.0244. The predicted molar refractivity (Wildman–Crippen MR) is 117 cm³/mol. The minimum atomic E-state index is -0.0244. The topological polar surface area (TPSA) is 85.2 Å². The fraction of sp³-hybridized carbons (Fsp3) is 0.524. The Morgan fingerprint density at radius 2 is 1.83 bits per heavy atom. The van der Waals surface area contributed by atoms with Crippen LogP contribution >= 0.6 is 11.8 Å². The molecule has 8 heteroatoms. The Hall–Kier alpha value is -2.19. The fourth-order valence-corrected chi connectivity index (χ4v) is 4.09. The third-order valence-electron chi connectivity index (χ3n) is 5.52. The van der Waals surface area contributed by atoms with Gasteiger partial charge in [0.1, 0.15) is 5.82 Å². The second-order valence-corrected chi connectivity index (χ2v) is 9.56. The van der Waals surface area contributed by atoms with Crippen molar-refractivity contribution in [1.82, 2.24) is 29.5 Å². The van der Waals surface area contributed by atoms with E-state index in [-0.39, 0.29) is 5.41 Å². The molecular weight excluding hydrogens is 382 g/mol. The Morgan fingerprint density at radius 3 is 2.45 bits per heavy atom. The van der Waals surface area contributed by atoms with Crippen molar-refractivity contribution in [2.75, 3.05) is 25.1 Å². The van der Waals surface area contributed by atoms with E-state index in [9.17, 15) is 0 Å². The summed E-state index contributed by atoms with van der Waals surface area (Å²) in [5, 5.41) is 5.47. The highest BCUT2D eigenvalue weighted by Crippen LogP contribution is 2.30. The second kappa shape index (κ2) is 7.91. The number of nitrogens with two attached hydrogens (primary N) is 1. The Labute approximate surface area is 176 Å². The molecule has 0 radical (unpaired) electrons. The lowest BCUT2D eigenvalue weighted by Gasteiger charge is -2.31. The molecule has 0 spiro atoms. The van der Waals surface area contributed by atoms with Crippen molar-refractivity contribution in [3.63, 3.8) is 0 Å². The zero-order valence-corrected chi connectivity index (χ0v) is 18.4. The van der Waals surface area contributed by atoms with Crippen molar-refractivity contribution in [3.8, 4) is 0 Å². The highest BCUT2D eigenvalue weighted by molar-refractivity contribution is 7.98. The Kier molecular flexibility index (Phi) is 5.48. The third kappa shape index (κ3) is 4.38. The SMILES string of the molecule is CSc1ncc(CN2CCC(c3cc(N)n4nc(C(C)(C)C)cc4n3)CC2)cn1. The number of hydrogen-bond acceptors (Lipinski definition) is 7. The maximum absolute atomic E-state index is 6.31. The monoisotopic (exact) mass is 411 g/mol. The molecule has 29 heavy (non-hydrogen) atoms. The average Bonchev–Trinajstić information content (AvgIpc) is 3.15. The molecule has 4 rings (SSSR count). The van der Waals surface area contributed by atoms with Crippen molar-refractivity contribution in [2.45, 2.75) is 56.6 Å². The molecule has 0 atom stereocenters. The first-order valence-electron chi connectivity index (χ1n) is 10.1. The van der Waals surface area contributed by atoms with Gasteiger partial charge in [0.05, 0.1) is 5.69 Å². The van der Waals surface area contributed by atoms with E-state index in [0.29, 0.717) is 11.7 Å². The maximum Gasteiger partial charge on any atom is 0.187 e. The molecule has 0 bridgehead atoms. The van der Waals surface area contributed by atoms with Gasteiger partial charge in [-0.1, -0.05) is 32.5 Å². The van der Waals surface area contributed by atoms with Gasteiger partial charge in [0, 0.05) is 53.7 Å². The largest absolute Gasteiger partial charge is 0.384 e. The summed E-state index contributed by atoms with van der Waals surface area (Å²) in [6.07, 6.45) is 8.02. The first kappa shape index (κ1) is 20.1. The van der Waals surface area contributed by atoms with Crippen LogP contribution in [-0.4, -0.2) is 48.8 Å². The normalized spacial score (nSPS) is 16.6. The van der Waals surface area contributed by atoms with Gasteiger partial charge in [0.15, 0.2) is 10.8 Å². The van der Waals surface area contributed by atoms with Crippen LogP contribution in [0.5, 0.6) is 0 Å². The first-order chi connectivity index (χ1) is 13.8. The number of likely N-dealkylation sites (tertiary alicyclic amines) is 1. The zero-order chi connectivity index (χ0) is 20.6. The van der Waals surface area contributed by atoms with Gasteiger partial charge < -0.3 is 5.73 Å². The predicted octanol–water partition coefficient (Wildman–Crippen LogP) is 3.50. The van der Waals surface area contributed by atoms with Crippen molar-refractivity contribution in [3.05, 3.63) is 41.5 Å². The Morgan fingerprint density at radius 1 is 1.14 bits per heavy atom. The molecule has 0 saturated carbocycles. The van der Waals surface area contributed by atoms with E-state index in [1.54, 1.807) is 16.3 Å². The van der Waals surface area contributed by atoms with Crippen molar-refractivity contribution in [2.24, 2.45) is 0 Å². The second-order valence-electron chi connectivity index (χ2n) is 8.78. The quantitative estimate of drug-likeness (QED) is 0.519. The summed E-state index contributed by atoms with van der Waals surface area (Å²) in [4.78, 5) is 16.1. The first-order valence-corrected chi connectivity index (χ1v) is 11.3. The molecule has 3 aromatic heterocycles. The van der Waals surface area contributed by atoms with E-state index < -0.39 is 0 Å². The average molecular weight is 412 g/mol. The molecule has 1 fully saturated rings. The summed E-state index contributed by atoms with van der Waals surface area (Å²) >= 11 is 1.57. The van der Waals surface area contributed by atoms with Crippen LogP contribution in [-0.2, 0) is 12.0 Å². The number of piperidine rings is 1. The highest BCUT2D eigenvalue weighted by Gasteiger charge is 2.24. The number of thioether (sulfide) groups is 1. The van der Waals surface area contributed by atoms with Crippen LogP contribution in [0.3, 0.4) is 0 Å². The van der Waals surface area contributed by atoms with Gasteiger partial charge in [-0.3, -0.25) is 4.90 Å². The van der Waals surface area contributed by atoms with Gasteiger partial charge in [-0.2, -0.15) is 9.61 Å². The number of aromatic nitrogens is 5. The van der Waals surface area contributed by atoms with E-state index in [2.05, 4.69) is 46.8 Å². The van der Waals surface area contributed by atoms with Gasteiger partial charge in [0.2, 0.25) is 0 Å². The summed E-state index contributed by atoms with van der Waals surface area (Å²) in [7, 11) is 0. The van der Waals surface area contributed by atoms with Crippen LogP contribution in [0.15, 0.2) is 29.7 Å². The summed E-state index contributed by atoms with van der Waals surface area (Å²) in [5.41, 5.74) is 10.4. The molecular formula is C21H29N7S. The summed E-state index contributed by atoms with van der Waals surface area (Å²) < 4.78 is 1.76. The molecule has 7 nitrogen and oxygen atoms in total. The molecule has 154 valence electrons. The summed E-state index contributed by atoms with van der Waals surface area (Å²) in [5.74, 6) is 1.09. The van der Waals surface area contributed by atoms with E-state index in [1.807, 2.05) is 24.7 Å². The molecule has 3 aromatic rings. The van der Waals surface area contributed by atoms with Crippen LogP contribution in [0.4, 0.5) is 5.82 Å². The van der Waals surface area contributed by atoms with Crippen LogP contribution in [0.1, 0.15) is 56.5 Å². The number of nitrogen functional groups attached to an aromatic ring is 1. The van der Waals surface area contributed by atoms with E-state index in [4.69, 9.17) is 10.7 Å². The summed E-state index contributed by atoms with van der Waals surface area (Å²) in [6, 6.07) is 4.06. The zero-order valence-electron chi connectivity index (χ0n) is 17.6. The molecule has 4 heterocycles. The molecule has 0 aromatic carbocycles. The Bertz CT molecular complexity index is 983. The van der Waals surface area contributed by atoms with Crippen molar-refractivity contribution in [1.29, 1.82) is 0 Å². The highest BCUT2D eigenvalue weighted by atomic mass is 32.2. The van der Waals surface area contributed by atoms with Gasteiger partial charge >= 0.3 is 0 Å². The lowest BCUT2D eigenvalue weighted by molar-refractivity contribution is 0.203. The third-order valence-corrected chi connectivity index (χ3v) is 6.10. The van der Waals surface area contributed by atoms with Gasteiger partial charge in [-0.25, -0.2) is 15.0 Å².